The fourth-order valence-electron chi connectivity index (χ4n) is 3.68. The summed E-state index contributed by atoms with van der Waals surface area (Å²) in [6.07, 6.45) is 5.35. The number of hydrogen-bond donors (Lipinski definition) is 1. The van der Waals surface area contributed by atoms with Crippen molar-refractivity contribution in [3.63, 3.8) is 0 Å². The quantitative estimate of drug-likeness (QED) is 0.893. The standard InChI is InChI=1S/C18H22N4O4/c1-11-19-16(10-26-11)18(24)20-13-2-4-14(5-3-13)22-17(23)8-12-9-25-7-6-15(12)21-22/h8,10,13-14H,2-7,9H2,1H3,(H,20,24). The Kier molecular flexibility index (Phi) is 4.58. The molecule has 0 aromatic carbocycles. The second kappa shape index (κ2) is 7.03. The van der Waals surface area contributed by atoms with Gasteiger partial charge in [0.15, 0.2) is 11.6 Å². The molecule has 2 aromatic heterocycles. The highest BCUT2D eigenvalue weighted by Gasteiger charge is 2.26. The number of nitrogens with zero attached hydrogens (tertiary/aromatic N) is 3. The van der Waals surface area contributed by atoms with E-state index in [4.69, 9.17) is 9.15 Å². The van der Waals surface area contributed by atoms with Crippen molar-refractivity contribution in [1.82, 2.24) is 20.1 Å². The lowest BCUT2D eigenvalue weighted by Crippen LogP contribution is -2.40. The van der Waals surface area contributed by atoms with E-state index in [0.29, 0.717) is 24.8 Å². The van der Waals surface area contributed by atoms with Gasteiger partial charge in [-0.25, -0.2) is 9.67 Å². The maximum Gasteiger partial charge on any atom is 0.273 e. The molecule has 8 nitrogen and oxygen atoms in total. The van der Waals surface area contributed by atoms with E-state index in [0.717, 1.165) is 43.4 Å². The summed E-state index contributed by atoms with van der Waals surface area (Å²) in [7, 11) is 0. The fourth-order valence-corrected chi connectivity index (χ4v) is 3.68. The van der Waals surface area contributed by atoms with Crippen molar-refractivity contribution in [3.8, 4) is 0 Å². The molecule has 0 spiro atoms. The van der Waals surface area contributed by atoms with Crippen LogP contribution in [-0.2, 0) is 17.8 Å². The molecule has 0 saturated heterocycles. The van der Waals surface area contributed by atoms with E-state index in [9.17, 15) is 9.59 Å². The number of oxazole rings is 1. The smallest absolute Gasteiger partial charge is 0.273 e. The number of hydrogen-bond acceptors (Lipinski definition) is 6. The number of carbonyl (C=O) groups excluding carboxylic acids is 1. The van der Waals surface area contributed by atoms with Gasteiger partial charge in [-0.05, 0) is 25.7 Å². The van der Waals surface area contributed by atoms with Gasteiger partial charge < -0.3 is 14.5 Å². The minimum atomic E-state index is -0.214. The maximum absolute atomic E-state index is 12.4. The molecule has 138 valence electrons. The molecule has 1 fully saturated rings. The van der Waals surface area contributed by atoms with Gasteiger partial charge in [0.1, 0.15) is 6.26 Å². The number of ether oxygens (including phenoxy) is 1. The molecule has 8 heteroatoms. The van der Waals surface area contributed by atoms with E-state index < -0.39 is 0 Å². The van der Waals surface area contributed by atoms with Gasteiger partial charge in [-0.2, -0.15) is 5.10 Å². The van der Waals surface area contributed by atoms with Gasteiger partial charge in [-0.3, -0.25) is 9.59 Å². The number of nitrogens with one attached hydrogen (secondary N) is 1. The van der Waals surface area contributed by atoms with Crippen LogP contribution in [0.3, 0.4) is 0 Å². The van der Waals surface area contributed by atoms with Crippen LogP contribution >= 0.6 is 0 Å². The lowest BCUT2D eigenvalue weighted by Gasteiger charge is -2.30. The normalized spacial score (nSPS) is 22.7. The van der Waals surface area contributed by atoms with Crippen LogP contribution in [0.15, 0.2) is 21.5 Å². The number of carbonyl (C=O) groups is 1. The summed E-state index contributed by atoms with van der Waals surface area (Å²) in [5, 5.41) is 7.59. The third kappa shape index (κ3) is 3.41. The number of fused-ring (bicyclic) bond motifs is 1. The SMILES string of the molecule is Cc1nc(C(=O)NC2CCC(n3nc4c(cc3=O)COCC4)CC2)co1. The Morgan fingerprint density at radius 1 is 1.31 bits per heavy atom. The molecule has 26 heavy (non-hydrogen) atoms. The first-order valence-electron chi connectivity index (χ1n) is 9.02. The predicted molar refractivity (Wildman–Crippen MR) is 91.9 cm³/mol. The molecule has 0 atom stereocenters. The molecule has 3 heterocycles. The van der Waals surface area contributed by atoms with Crippen molar-refractivity contribution in [2.24, 2.45) is 0 Å². The third-order valence-corrected chi connectivity index (χ3v) is 5.09. The van der Waals surface area contributed by atoms with Crippen LogP contribution < -0.4 is 10.9 Å². The van der Waals surface area contributed by atoms with E-state index in [1.165, 1.54) is 6.26 Å². The van der Waals surface area contributed by atoms with Crippen molar-refractivity contribution in [2.75, 3.05) is 6.61 Å². The Hall–Kier alpha value is -2.48. The van der Waals surface area contributed by atoms with Crippen LogP contribution in [0, 0.1) is 6.92 Å². The highest BCUT2D eigenvalue weighted by molar-refractivity contribution is 5.92. The third-order valence-electron chi connectivity index (χ3n) is 5.09. The van der Waals surface area contributed by atoms with Crippen molar-refractivity contribution in [3.05, 3.63) is 45.5 Å². The Morgan fingerprint density at radius 2 is 2.12 bits per heavy atom. The summed E-state index contributed by atoms with van der Waals surface area (Å²) < 4.78 is 12.1. The maximum atomic E-state index is 12.4. The van der Waals surface area contributed by atoms with E-state index in [1.54, 1.807) is 17.7 Å². The van der Waals surface area contributed by atoms with Crippen molar-refractivity contribution in [1.29, 1.82) is 0 Å². The van der Waals surface area contributed by atoms with Gasteiger partial charge in [0.25, 0.3) is 11.5 Å². The Bertz CT molecular complexity index is 864. The minimum Gasteiger partial charge on any atom is -0.448 e. The average Bonchev–Trinajstić information content (AvgIpc) is 3.08. The average molecular weight is 358 g/mol. The number of aryl methyl sites for hydroxylation is 1. The zero-order valence-electron chi connectivity index (χ0n) is 14.7. The van der Waals surface area contributed by atoms with Gasteiger partial charge in [-0.1, -0.05) is 0 Å². The summed E-state index contributed by atoms with van der Waals surface area (Å²) in [5.74, 6) is 0.261. The largest absolute Gasteiger partial charge is 0.448 e. The molecule has 0 radical (unpaired) electrons. The lowest BCUT2D eigenvalue weighted by atomic mass is 9.91. The zero-order chi connectivity index (χ0) is 18.1. The molecule has 1 saturated carbocycles. The van der Waals surface area contributed by atoms with Crippen LogP contribution in [0.5, 0.6) is 0 Å². The fraction of sp³-hybridized carbons (Fsp3) is 0.556. The van der Waals surface area contributed by atoms with Gasteiger partial charge in [0.05, 0.1) is 24.9 Å². The monoisotopic (exact) mass is 358 g/mol. The van der Waals surface area contributed by atoms with Gasteiger partial charge in [0, 0.05) is 31.0 Å². The first kappa shape index (κ1) is 17.0. The lowest BCUT2D eigenvalue weighted by molar-refractivity contribution is 0.0915. The molecule has 2 aromatic rings. The Morgan fingerprint density at radius 3 is 2.85 bits per heavy atom. The molecule has 1 aliphatic carbocycles. The second-order valence-corrected chi connectivity index (χ2v) is 6.93. The molecule has 2 aliphatic rings. The van der Waals surface area contributed by atoms with Crippen LogP contribution in [-0.4, -0.2) is 33.3 Å². The zero-order valence-corrected chi connectivity index (χ0v) is 14.7. The van der Waals surface area contributed by atoms with Crippen LogP contribution in [0.2, 0.25) is 0 Å². The van der Waals surface area contributed by atoms with E-state index >= 15 is 0 Å². The molecular formula is C18H22N4O4. The molecule has 4 rings (SSSR count). The first-order valence-corrected chi connectivity index (χ1v) is 9.02. The van der Waals surface area contributed by atoms with Gasteiger partial charge in [0.2, 0.25) is 0 Å². The summed E-state index contributed by atoms with van der Waals surface area (Å²) >= 11 is 0. The van der Waals surface area contributed by atoms with Crippen molar-refractivity contribution < 1.29 is 13.9 Å². The van der Waals surface area contributed by atoms with Crippen molar-refractivity contribution >= 4 is 5.91 Å². The number of aromatic nitrogens is 3. The molecule has 1 amide bonds. The molecular weight excluding hydrogens is 336 g/mol. The van der Waals surface area contributed by atoms with E-state index in [2.05, 4.69) is 15.4 Å². The first-order chi connectivity index (χ1) is 12.6. The molecule has 0 unspecified atom stereocenters. The van der Waals surface area contributed by atoms with E-state index in [-0.39, 0.29) is 23.6 Å². The highest BCUT2D eigenvalue weighted by Crippen LogP contribution is 2.27. The van der Waals surface area contributed by atoms with Crippen LogP contribution in [0.1, 0.15) is 59.4 Å². The Labute approximate surface area is 150 Å². The van der Waals surface area contributed by atoms with Crippen LogP contribution in [0.4, 0.5) is 0 Å². The Balaban J connectivity index is 1.39. The van der Waals surface area contributed by atoms with Gasteiger partial charge in [-0.15, -0.1) is 0 Å². The molecule has 0 bridgehead atoms. The number of amides is 1. The molecule has 1 aliphatic heterocycles. The number of rotatable bonds is 3. The summed E-state index contributed by atoms with van der Waals surface area (Å²) in [4.78, 5) is 28.6. The van der Waals surface area contributed by atoms with Crippen LogP contribution in [0.25, 0.3) is 0 Å². The summed E-state index contributed by atoms with van der Waals surface area (Å²) in [5.41, 5.74) is 2.10. The minimum absolute atomic E-state index is 0.0696. The van der Waals surface area contributed by atoms with E-state index in [1.807, 2.05) is 0 Å². The highest BCUT2D eigenvalue weighted by atomic mass is 16.5. The predicted octanol–water partition coefficient (Wildman–Crippen LogP) is 1.53. The molecule has 1 N–H and O–H groups in total. The van der Waals surface area contributed by atoms with Crippen molar-refractivity contribution in [2.45, 2.75) is 57.7 Å². The summed E-state index contributed by atoms with van der Waals surface area (Å²) in [6.45, 7) is 2.83. The summed E-state index contributed by atoms with van der Waals surface area (Å²) in [6, 6.07) is 1.82. The van der Waals surface area contributed by atoms with Gasteiger partial charge >= 0.3 is 0 Å². The topological polar surface area (TPSA) is 99.2 Å². The second-order valence-electron chi connectivity index (χ2n) is 6.93.